The molecule has 1 atom stereocenters. The van der Waals surface area contributed by atoms with Crippen LogP contribution in [0, 0.1) is 15.9 Å². The maximum absolute atomic E-state index is 13.2. The van der Waals surface area contributed by atoms with Gasteiger partial charge in [0.15, 0.2) is 0 Å². The summed E-state index contributed by atoms with van der Waals surface area (Å²) < 4.78 is 13.2. The molecule has 1 aliphatic heterocycles. The van der Waals surface area contributed by atoms with Crippen molar-refractivity contribution in [2.75, 3.05) is 26.7 Å². The quantitative estimate of drug-likeness (QED) is 0.624. The molecule has 1 aromatic carbocycles. The lowest BCUT2D eigenvalue weighted by Crippen LogP contribution is -2.44. The minimum Gasteiger partial charge on any atom is -0.314 e. The Kier molecular flexibility index (Phi) is 3.35. The van der Waals surface area contributed by atoms with Crippen LogP contribution in [0.15, 0.2) is 18.2 Å². The molecule has 0 spiro atoms. The van der Waals surface area contributed by atoms with Crippen LogP contribution in [-0.2, 0) is 0 Å². The number of nitro groups is 1. The Bertz CT molecular complexity index is 439. The molecular formula is C11H14FN3O2. The van der Waals surface area contributed by atoms with E-state index < -0.39 is 10.7 Å². The topological polar surface area (TPSA) is 58.4 Å². The van der Waals surface area contributed by atoms with E-state index in [1.54, 1.807) is 0 Å². The lowest BCUT2D eigenvalue weighted by Gasteiger charge is -2.33. The number of piperazine rings is 1. The highest BCUT2D eigenvalue weighted by Gasteiger charge is 2.27. The van der Waals surface area contributed by atoms with E-state index in [1.807, 2.05) is 11.9 Å². The van der Waals surface area contributed by atoms with Crippen molar-refractivity contribution in [1.82, 2.24) is 10.2 Å². The molecule has 1 aromatic rings. The van der Waals surface area contributed by atoms with Gasteiger partial charge in [-0.1, -0.05) is 0 Å². The summed E-state index contributed by atoms with van der Waals surface area (Å²) in [5.74, 6) is -0.440. The standard InChI is InChI=1S/C11H14FN3O2/c1-14-5-4-13-7-11(14)9-6-8(12)2-3-10(9)15(16)17/h2-3,6,11,13H,4-5,7H2,1H3. The van der Waals surface area contributed by atoms with Crippen LogP contribution in [0.25, 0.3) is 0 Å². The van der Waals surface area contributed by atoms with Crippen LogP contribution < -0.4 is 5.32 Å². The van der Waals surface area contributed by atoms with Crippen LogP contribution in [0.1, 0.15) is 11.6 Å². The smallest absolute Gasteiger partial charge is 0.274 e. The van der Waals surface area contributed by atoms with Gasteiger partial charge in [-0.3, -0.25) is 15.0 Å². The van der Waals surface area contributed by atoms with Crippen LogP contribution in [0.5, 0.6) is 0 Å². The Hall–Kier alpha value is -1.53. The zero-order valence-corrected chi connectivity index (χ0v) is 9.52. The number of nitro benzene ring substituents is 1. The first-order valence-corrected chi connectivity index (χ1v) is 5.44. The predicted molar refractivity (Wildman–Crippen MR) is 61.3 cm³/mol. The minimum atomic E-state index is -0.461. The number of likely N-dealkylation sites (N-methyl/N-ethyl adjacent to an activating group) is 1. The molecule has 1 heterocycles. The fourth-order valence-corrected chi connectivity index (χ4v) is 2.11. The van der Waals surface area contributed by atoms with Crippen molar-refractivity contribution in [2.24, 2.45) is 0 Å². The predicted octanol–water partition coefficient (Wildman–Crippen LogP) is 1.31. The zero-order valence-electron chi connectivity index (χ0n) is 9.52. The van der Waals surface area contributed by atoms with E-state index >= 15 is 0 Å². The second kappa shape index (κ2) is 4.77. The van der Waals surface area contributed by atoms with Crippen LogP contribution in [0.4, 0.5) is 10.1 Å². The van der Waals surface area contributed by atoms with Crippen molar-refractivity contribution < 1.29 is 9.31 Å². The van der Waals surface area contributed by atoms with Crippen LogP contribution >= 0.6 is 0 Å². The van der Waals surface area contributed by atoms with Gasteiger partial charge >= 0.3 is 0 Å². The van der Waals surface area contributed by atoms with Gasteiger partial charge < -0.3 is 5.32 Å². The third-order valence-electron chi connectivity index (χ3n) is 3.06. The first kappa shape index (κ1) is 11.9. The molecule has 1 aliphatic rings. The molecule has 5 nitrogen and oxygen atoms in total. The first-order valence-electron chi connectivity index (χ1n) is 5.44. The van der Waals surface area contributed by atoms with Crippen LogP contribution in [0.3, 0.4) is 0 Å². The third kappa shape index (κ3) is 2.42. The molecule has 0 radical (unpaired) electrons. The summed E-state index contributed by atoms with van der Waals surface area (Å²) in [7, 11) is 1.89. The Morgan fingerprint density at radius 1 is 1.59 bits per heavy atom. The Labute approximate surface area is 98.4 Å². The Morgan fingerprint density at radius 3 is 3.00 bits per heavy atom. The fourth-order valence-electron chi connectivity index (χ4n) is 2.11. The van der Waals surface area contributed by atoms with E-state index in [4.69, 9.17) is 0 Å². The van der Waals surface area contributed by atoms with E-state index in [0.29, 0.717) is 12.1 Å². The van der Waals surface area contributed by atoms with Gasteiger partial charge in [0.2, 0.25) is 0 Å². The fraction of sp³-hybridized carbons (Fsp3) is 0.455. The van der Waals surface area contributed by atoms with Gasteiger partial charge in [-0.25, -0.2) is 4.39 Å². The average molecular weight is 239 g/mol. The zero-order chi connectivity index (χ0) is 12.4. The van der Waals surface area contributed by atoms with Crippen molar-refractivity contribution >= 4 is 5.69 Å². The maximum atomic E-state index is 13.2. The summed E-state index contributed by atoms with van der Waals surface area (Å²) in [4.78, 5) is 12.5. The molecule has 2 rings (SSSR count). The highest BCUT2D eigenvalue weighted by molar-refractivity contribution is 5.43. The first-order chi connectivity index (χ1) is 8.09. The molecule has 17 heavy (non-hydrogen) atoms. The van der Waals surface area contributed by atoms with E-state index in [0.717, 1.165) is 19.2 Å². The maximum Gasteiger partial charge on any atom is 0.274 e. The number of halogens is 1. The van der Waals surface area contributed by atoms with Gasteiger partial charge in [0.05, 0.1) is 16.5 Å². The van der Waals surface area contributed by atoms with Crippen molar-refractivity contribution in [3.05, 3.63) is 39.7 Å². The minimum absolute atomic E-state index is 0.0213. The molecule has 92 valence electrons. The lowest BCUT2D eigenvalue weighted by atomic mass is 10.0. The third-order valence-corrected chi connectivity index (χ3v) is 3.06. The van der Waals surface area contributed by atoms with E-state index in [1.165, 1.54) is 12.1 Å². The second-order valence-corrected chi connectivity index (χ2v) is 4.16. The lowest BCUT2D eigenvalue weighted by molar-refractivity contribution is -0.386. The molecule has 1 N–H and O–H groups in total. The normalized spacial score (nSPS) is 21.4. The van der Waals surface area contributed by atoms with Crippen molar-refractivity contribution in [3.8, 4) is 0 Å². The van der Waals surface area contributed by atoms with Crippen molar-refractivity contribution in [3.63, 3.8) is 0 Å². The molecule has 0 bridgehead atoms. The summed E-state index contributed by atoms with van der Waals surface area (Å²) in [5.41, 5.74) is 0.414. The number of benzene rings is 1. The van der Waals surface area contributed by atoms with Gasteiger partial charge in [0, 0.05) is 25.7 Å². The van der Waals surface area contributed by atoms with E-state index in [9.17, 15) is 14.5 Å². The summed E-state index contributed by atoms with van der Waals surface area (Å²) >= 11 is 0. The van der Waals surface area contributed by atoms with Crippen LogP contribution in [-0.4, -0.2) is 36.5 Å². The molecule has 0 aliphatic carbocycles. The SMILES string of the molecule is CN1CCNCC1c1cc(F)ccc1[N+](=O)[O-]. The molecule has 1 unspecified atom stereocenters. The largest absolute Gasteiger partial charge is 0.314 e. The van der Waals surface area contributed by atoms with E-state index in [2.05, 4.69) is 5.32 Å². The molecule has 6 heteroatoms. The second-order valence-electron chi connectivity index (χ2n) is 4.16. The summed E-state index contributed by atoms with van der Waals surface area (Å²) in [6.45, 7) is 2.23. The Morgan fingerprint density at radius 2 is 2.35 bits per heavy atom. The summed E-state index contributed by atoms with van der Waals surface area (Å²) in [5, 5.41) is 14.1. The number of nitrogens with zero attached hydrogens (tertiary/aromatic N) is 2. The molecule has 1 saturated heterocycles. The molecular weight excluding hydrogens is 225 g/mol. The van der Waals surface area contributed by atoms with Gasteiger partial charge in [0.25, 0.3) is 5.69 Å². The van der Waals surface area contributed by atoms with Gasteiger partial charge in [0.1, 0.15) is 5.82 Å². The number of nitrogens with one attached hydrogen (secondary N) is 1. The molecule has 0 amide bonds. The highest BCUT2D eigenvalue weighted by atomic mass is 19.1. The van der Waals surface area contributed by atoms with Gasteiger partial charge in [-0.2, -0.15) is 0 Å². The van der Waals surface area contributed by atoms with Crippen molar-refractivity contribution in [2.45, 2.75) is 6.04 Å². The summed E-state index contributed by atoms with van der Waals surface area (Å²) in [6.07, 6.45) is 0. The molecule has 0 saturated carbocycles. The highest BCUT2D eigenvalue weighted by Crippen LogP contribution is 2.29. The average Bonchev–Trinajstić information content (AvgIpc) is 2.29. The van der Waals surface area contributed by atoms with Crippen LogP contribution in [0.2, 0.25) is 0 Å². The van der Waals surface area contributed by atoms with Gasteiger partial charge in [-0.15, -0.1) is 0 Å². The monoisotopic (exact) mass is 239 g/mol. The molecule has 1 fully saturated rings. The van der Waals surface area contributed by atoms with Gasteiger partial charge in [-0.05, 0) is 19.2 Å². The number of hydrogen-bond acceptors (Lipinski definition) is 4. The number of hydrogen-bond donors (Lipinski definition) is 1. The Balaban J connectivity index is 2.41. The number of rotatable bonds is 2. The summed E-state index contributed by atoms with van der Waals surface area (Å²) in [6, 6.07) is 3.46. The van der Waals surface area contributed by atoms with E-state index in [-0.39, 0.29) is 11.7 Å². The molecule has 0 aromatic heterocycles. The van der Waals surface area contributed by atoms with Crippen molar-refractivity contribution in [1.29, 1.82) is 0 Å².